The Morgan fingerprint density at radius 3 is 2.42 bits per heavy atom. The third-order valence-electron chi connectivity index (χ3n) is 4.28. The molecule has 2 aromatic heterocycles. The summed E-state index contributed by atoms with van der Waals surface area (Å²) in [6.07, 6.45) is 3.44. The number of azo groups is 1. The summed E-state index contributed by atoms with van der Waals surface area (Å²) < 4.78 is 1.85. The maximum absolute atomic E-state index is 12.3. The maximum atomic E-state index is 12.3. The van der Waals surface area contributed by atoms with E-state index in [-0.39, 0.29) is 11.7 Å². The van der Waals surface area contributed by atoms with E-state index in [1.54, 1.807) is 36.7 Å². The first-order valence-electron chi connectivity index (χ1n) is 9.48. The summed E-state index contributed by atoms with van der Waals surface area (Å²) >= 11 is 1.32. The molecule has 0 saturated heterocycles. The van der Waals surface area contributed by atoms with Gasteiger partial charge in [-0.3, -0.25) is 9.78 Å². The van der Waals surface area contributed by atoms with Crippen LogP contribution in [0.25, 0.3) is 11.4 Å². The molecule has 0 saturated carbocycles. The van der Waals surface area contributed by atoms with Gasteiger partial charge in [0.05, 0.1) is 17.1 Å². The predicted molar refractivity (Wildman–Crippen MR) is 121 cm³/mol. The van der Waals surface area contributed by atoms with Gasteiger partial charge in [0.25, 0.3) is 0 Å². The van der Waals surface area contributed by atoms with Crippen LogP contribution in [0.3, 0.4) is 0 Å². The fourth-order valence-electron chi connectivity index (χ4n) is 2.74. The molecule has 4 rings (SSSR count). The number of carbonyl (C=O) groups excluding carboxylic acids is 1. The zero-order valence-corrected chi connectivity index (χ0v) is 17.5. The van der Waals surface area contributed by atoms with Gasteiger partial charge in [-0.1, -0.05) is 30.0 Å². The molecule has 8 nitrogen and oxygen atoms in total. The molecule has 0 aliphatic heterocycles. The van der Waals surface area contributed by atoms with E-state index in [4.69, 9.17) is 0 Å². The van der Waals surface area contributed by atoms with Crippen molar-refractivity contribution >= 4 is 34.7 Å². The molecule has 31 heavy (non-hydrogen) atoms. The van der Waals surface area contributed by atoms with Crippen molar-refractivity contribution in [3.63, 3.8) is 0 Å². The Kier molecular flexibility index (Phi) is 6.44. The Morgan fingerprint density at radius 2 is 1.71 bits per heavy atom. The van der Waals surface area contributed by atoms with Crippen LogP contribution in [0.4, 0.5) is 17.1 Å². The number of aromatic nitrogens is 4. The second kappa shape index (κ2) is 9.77. The molecule has 154 valence electrons. The molecular weight excluding hydrogens is 410 g/mol. The van der Waals surface area contributed by atoms with Crippen molar-refractivity contribution in [3.8, 4) is 11.4 Å². The van der Waals surface area contributed by atoms with Crippen LogP contribution in [-0.2, 0) is 11.8 Å². The highest BCUT2D eigenvalue weighted by Gasteiger charge is 2.13. The first-order valence-corrected chi connectivity index (χ1v) is 10.5. The normalized spacial score (nSPS) is 11.0. The molecule has 2 heterocycles. The van der Waals surface area contributed by atoms with Crippen molar-refractivity contribution in [2.24, 2.45) is 17.3 Å². The number of thioether (sulfide) groups is 1. The van der Waals surface area contributed by atoms with Gasteiger partial charge in [0.15, 0.2) is 11.0 Å². The Morgan fingerprint density at radius 1 is 0.968 bits per heavy atom. The lowest BCUT2D eigenvalue weighted by Gasteiger charge is -2.06. The minimum Gasteiger partial charge on any atom is -0.325 e. The smallest absolute Gasteiger partial charge is 0.234 e. The summed E-state index contributed by atoms with van der Waals surface area (Å²) in [6, 6.07) is 20.5. The highest BCUT2D eigenvalue weighted by atomic mass is 32.2. The third kappa shape index (κ3) is 5.40. The molecule has 0 aliphatic rings. The molecule has 1 amide bonds. The highest BCUT2D eigenvalue weighted by Crippen LogP contribution is 2.23. The number of amides is 1. The lowest BCUT2D eigenvalue weighted by atomic mass is 10.3. The van der Waals surface area contributed by atoms with Crippen molar-refractivity contribution in [3.05, 3.63) is 79.1 Å². The van der Waals surface area contributed by atoms with Crippen LogP contribution in [0.15, 0.2) is 94.5 Å². The van der Waals surface area contributed by atoms with Gasteiger partial charge in [0.1, 0.15) is 0 Å². The van der Waals surface area contributed by atoms with E-state index >= 15 is 0 Å². The van der Waals surface area contributed by atoms with Gasteiger partial charge in [-0.15, -0.1) is 10.2 Å². The number of benzene rings is 2. The molecule has 0 spiro atoms. The first kappa shape index (κ1) is 20.4. The molecular formula is C22H19N7OS. The molecule has 1 N–H and O–H groups in total. The van der Waals surface area contributed by atoms with Crippen molar-refractivity contribution in [2.45, 2.75) is 5.16 Å². The van der Waals surface area contributed by atoms with Gasteiger partial charge in [0.2, 0.25) is 5.91 Å². The second-order valence-electron chi connectivity index (χ2n) is 6.53. The summed E-state index contributed by atoms with van der Waals surface area (Å²) in [4.78, 5) is 16.4. The Hall–Kier alpha value is -3.85. The number of nitrogens with zero attached hydrogens (tertiary/aromatic N) is 6. The fourth-order valence-corrected chi connectivity index (χ4v) is 3.45. The van der Waals surface area contributed by atoms with Gasteiger partial charge in [-0.2, -0.15) is 10.2 Å². The molecule has 0 unspecified atom stereocenters. The summed E-state index contributed by atoms with van der Waals surface area (Å²) in [5.41, 5.74) is 3.06. The van der Waals surface area contributed by atoms with Crippen LogP contribution in [0, 0.1) is 0 Å². The van der Waals surface area contributed by atoms with Gasteiger partial charge < -0.3 is 9.88 Å². The minimum absolute atomic E-state index is 0.130. The SMILES string of the molecule is Cn1c(SCC(=O)Nc2ccc(N=Nc3ccccc3)cc2)nnc1-c1cccnc1. The minimum atomic E-state index is -0.130. The predicted octanol–water partition coefficient (Wildman–Crippen LogP) is 5.02. The molecule has 0 fully saturated rings. The average Bonchev–Trinajstić information content (AvgIpc) is 3.19. The monoisotopic (exact) mass is 429 g/mol. The second-order valence-corrected chi connectivity index (χ2v) is 7.47. The van der Waals surface area contributed by atoms with Crippen molar-refractivity contribution in [1.29, 1.82) is 0 Å². The van der Waals surface area contributed by atoms with Gasteiger partial charge in [0, 0.05) is 30.7 Å². The summed E-state index contributed by atoms with van der Waals surface area (Å²) in [5, 5.41) is 20.3. The number of carbonyl (C=O) groups is 1. The number of rotatable bonds is 7. The first-order chi connectivity index (χ1) is 15.2. The van der Waals surface area contributed by atoms with Crippen LogP contribution in [0.5, 0.6) is 0 Å². The van der Waals surface area contributed by atoms with Crippen molar-refractivity contribution in [1.82, 2.24) is 19.7 Å². The number of anilines is 1. The van der Waals surface area contributed by atoms with Crippen LogP contribution < -0.4 is 5.32 Å². The summed E-state index contributed by atoms with van der Waals surface area (Å²) in [6.45, 7) is 0. The van der Waals surface area contributed by atoms with E-state index in [0.717, 1.165) is 11.3 Å². The standard InChI is InChI=1S/C22H19N7OS/c1-29-21(16-6-5-13-23-14-16)27-28-22(29)31-15-20(30)24-17-9-11-19(12-10-17)26-25-18-7-3-2-4-8-18/h2-14H,15H2,1H3,(H,24,30). The largest absolute Gasteiger partial charge is 0.325 e. The number of pyridine rings is 1. The van der Waals surface area contributed by atoms with Crippen LogP contribution >= 0.6 is 11.8 Å². The van der Waals surface area contributed by atoms with E-state index in [9.17, 15) is 4.79 Å². The Bertz CT molecular complexity index is 1180. The molecule has 0 bridgehead atoms. The van der Waals surface area contributed by atoms with Crippen molar-refractivity contribution < 1.29 is 4.79 Å². The van der Waals surface area contributed by atoms with Crippen LogP contribution in [0.1, 0.15) is 0 Å². The summed E-state index contributed by atoms with van der Waals surface area (Å²) in [7, 11) is 1.87. The molecule has 9 heteroatoms. The van der Waals surface area contributed by atoms with Gasteiger partial charge in [-0.25, -0.2) is 0 Å². The van der Waals surface area contributed by atoms with E-state index < -0.39 is 0 Å². The number of nitrogens with one attached hydrogen (secondary N) is 1. The van der Waals surface area contributed by atoms with E-state index in [0.29, 0.717) is 22.4 Å². The van der Waals surface area contributed by atoms with E-state index in [2.05, 4.69) is 30.7 Å². The average molecular weight is 430 g/mol. The zero-order valence-electron chi connectivity index (χ0n) is 16.7. The van der Waals surface area contributed by atoms with Crippen LogP contribution in [0.2, 0.25) is 0 Å². The van der Waals surface area contributed by atoms with Crippen molar-refractivity contribution in [2.75, 3.05) is 11.1 Å². The summed E-state index contributed by atoms with van der Waals surface area (Å²) in [5.74, 6) is 0.792. The lowest BCUT2D eigenvalue weighted by Crippen LogP contribution is -2.14. The van der Waals surface area contributed by atoms with Gasteiger partial charge >= 0.3 is 0 Å². The fraction of sp³-hybridized carbons (Fsp3) is 0.0909. The molecule has 4 aromatic rings. The lowest BCUT2D eigenvalue weighted by molar-refractivity contribution is -0.113. The molecule has 0 atom stereocenters. The zero-order chi connectivity index (χ0) is 21.5. The third-order valence-corrected chi connectivity index (χ3v) is 5.30. The Balaban J connectivity index is 1.31. The number of hydrogen-bond donors (Lipinski definition) is 1. The topological polar surface area (TPSA) is 97.4 Å². The molecule has 2 aromatic carbocycles. The van der Waals surface area contributed by atoms with Crippen LogP contribution in [-0.4, -0.2) is 31.4 Å². The quantitative estimate of drug-likeness (QED) is 0.328. The van der Waals surface area contributed by atoms with Gasteiger partial charge in [-0.05, 0) is 48.5 Å². The maximum Gasteiger partial charge on any atom is 0.234 e. The molecule has 0 aliphatic carbocycles. The Labute approximate surface area is 183 Å². The van der Waals surface area contributed by atoms with E-state index in [1.165, 1.54) is 11.8 Å². The van der Waals surface area contributed by atoms with E-state index in [1.807, 2.05) is 54.1 Å². The number of hydrogen-bond acceptors (Lipinski definition) is 7. The highest BCUT2D eigenvalue weighted by molar-refractivity contribution is 7.99. The molecule has 0 radical (unpaired) electrons.